The summed E-state index contributed by atoms with van der Waals surface area (Å²) < 4.78 is 24.4. The van der Waals surface area contributed by atoms with Gasteiger partial charge in [-0.2, -0.15) is 4.98 Å². The number of benzene rings is 2. The highest BCUT2D eigenvalue weighted by Gasteiger charge is 2.21. The van der Waals surface area contributed by atoms with Crippen molar-refractivity contribution < 1.29 is 28.6 Å². The lowest BCUT2D eigenvalue weighted by Gasteiger charge is -2.16. The summed E-state index contributed by atoms with van der Waals surface area (Å²) in [6.07, 6.45) is 1.25. The van der Waals surface area contributed by atoms with Crippen LogP contribution in [0.3, 0.4) is 0 Å². The van der Waals surface area contributed by atoms with Crippen LogP contribution in [-0.4, -0.2) is 41.7 Å². The van der Waals surface area contributed by atoms with Gasteiger partial charge in [0.05, 0.1) is 24.3 Å². The van der Waals surface area contributed by atoms with E-state index in [1.165, 1.54) is 30.5 Å². The molecule has 0 aliphatic heterocycles. The fourth-order valence-corrected chi connectivity index (χ4v) is 3.87. The summed E-state index contributed by atoms with van der Waals surface area (Å²) in [5.41, 5.74) is 1.46. The van der Waals surface area contributed by atoms with Gasteiger partial charge in [-0.1, -0.05) is 31.8 Å². The molecule has 0 spiro atoms. The lowest BCUT2D eigenvalue weighted by molar-refractivity contribution is -0.137. The number of carboxylic acids is 1. The lowest BCUT2D eigenvalue weighted by Crippen LogP contribution is -2.22. The molecule has 2 aromatic carbocycles. The summed E-state index contributed by atoms with van der Waals surface area (Å²) in [5.74, 6) is -2.00. The molecular formula is C25H27FN2O5Si. The first kappa shape index (κ1) is 25.0. The molecule has 1 N–H and O–H groups in total. The molecule has 0 fully saturated rings. The second kappa shape index (κ2) is 11.0. The van der Waals surface area contributed by atoms with Gasteiger partial charge in [0.1, 0.15) is 11.6 Å². The van der Waals surface area contributed by atoms with E-state index in [1.54, 1.807) is 30.3 Å². The molecule has 1 atom stereocenters. The molecule has 1 unspecified atom stereocenters. The predicted molar refractivity (Wildman–Crippen MR) is 127 cm³/mol. The second-order valence-corrected chi connectivity index (χ2v) is 14.7. The average Bonchev–Trinajstić information content (AvgIpc) is 2.78. The Morgan fingerprint density at radius 2 is 1.71 bits per heavy atom. The Morgan fingerprint density at radius 1 is 1.03 bits per heavy atom. The zero-order chi connectivity index (χ0) is 24.7. The highest BCUT2D eigenvalue weighted by Crippen LogP contribution is 2.28. The third-order valence-electron chi connectivity index (χ3n) is 5.05. The molecule has 0 radical (unpaired) electrons. The average molecular weight is 483 g/mol. The van der Waals surface area contributed by atoms with Crippen LogP contribution < -0.4 is 4.74 Å². The number of nitrogens with zero attached hydrogens (tertiary/aromatic N) is 2. The van der Waals surface area contributed by atoms with Crippen LogP contribution in [0.25, 0.3) is 0 Å². The van der Waals surface area contributed by atoms with Crippen molar-refractivity contribution in [3.8, 4) is 11.8 Å². The number of hydrogen-bond acceptors (Lipinski definition) is 6. The van der Waals surface area contributed by atoms with Crippen LogP contribution in [0.4, 0.5) is 4.39 Å². The van der Waals surface area contributed by atoms with Gasteiger partial charge in [-0.3, -0.25) is 4.79 Å². The predicted octanol–water partition coefficient (Wildman–Crippen LogP) is 5.51. The molecule has 34 heavy (non-hydrogen) atoms. The van der Waals surface area contributed by atoms with E-state index < -0.39 is 25.8 Å². The Balaban J connectivity index is 1.71. The maximum absolute atomic E-state index is 13.3. The maximum Gasteiger partial charge on any atom is 0.338 e. The van der Waals surface area contributed by atoms with Crippen LogP contribution in [0.15, 0.2) is 60.8 Å². The molecule has 7 nitrogen and oxygen atoms in total. The third-order valence-corrected chi connectivity index (χ3v) is 6.75. The molecular weight excluding hydrogens is 455 g/mol. The number of carboxylic acid groups (broad SMARTS) is 1. The van der Waals surface area contributed by atoms with Crippen molar-refractivity contribution >= 4 is 20.0 Å². The van der Waals surface area contributed by atoms with E-state index in [9.17, 15) is 19.1 Å². The molecule has 9 heteroatoms. The standard InChI is InChI=1S/C25H27FN2O5Si/c1-34(2,3)15-14-32-24(31)18-6-10-20(11-7-18)33-25-27-13-12-22(28-25)21(16-23(29)30)17-4-8-19(26)9-5-17/h4-13,21H,14-16H2,1-3H3,(H,29,30). The van der Waals surface area contributed by atoms with Crippen molar-refractivity contribution in [3.05, 3.63) is 83.4 Å². The van der Waals surface area contributed by atoms with Crippen LogP contribution in [0.5, 0.6) is 11.8 Å². The Hall–Kier alpha value is -3.59. The Labute approximate surface area is 198 Å². The number of hydrogen-bond donors (Lipinski definition) is 1. The van der Waals surface area contributed by atoms with E-state index in [4.69, 9.17) is 9.47 Å². The summed E-state index contributed by atoms with van der Waals surface area (Å²) in [6, 6.07) is 14.6. The Kier molecular flexibility index (Phi) is 8.11. The number of carbonyl (C=O) groups excluding carboxylic acids is 1. The van der Waals surface area contributed by atoms with Crippen molar-refractivity contribution in [2.45, 2.75) is 38.0 Å². The summed E-state index contributed by atoms with van der Waals surface area (Å²) in [4.78, 5) is 32.1. The second-order valence-electron chi connectivity index (χ2n) is 9.04. The molecule has 0 aliphatic carbocycles. The van der Waals surface area contributed by atoms with E-state index in [-0.39, 0.29) is 18.4 Å². The highest BCUT2D eigenvalue weighted by atomic mass is 28.3. The minimum Gasteiger partial charge on any atom is -0.481 e. The first-order valence-corrected chi connectivity index (χ1v) is 14.6. The molecule has 3 aromatic rings. The van der Waals surface area contributed by atoms with Crippen molar-refractivity contribution in [1.29, 1.82) is 0 Å². The summed E-state index contributed by atoms with van der Waals surface area (Å²) in [5, 5.41) is 9.35. The summed E-state index contributed by atoms with van der Waals surface area (Å²) in [7, 11) is -1.28. The van der Waals surface area contributed by atoms with Gasteiger partial charge in [0.25, 0.3) is 0 Å². The van der Waals surface area contributed by atoms with Crippen LogP contribution in [0, 0.1) is 5.82 Å². The number of rotatable bonds is 10. The smallest absolute Gasteiger partial charge is 0.338 e. The number of halogens is 1. The zero-order valence-corrected chi connectivity index (χ0v) is 20.3. The molecule has 0 bridgehead atoms. The van der Waals surface area contributed by atoms with Crippen LogP contribution in [0.1, 0.15) is 34.0 Å². The molecule has 0 aliphatic rings. The van der Waals surface area contributed by atoms with Crippen molar-refractivity contribution in [3.63, 3.8) is 0 Å². The van der Waals surface area contributed by atoms with E-state index in [0.717, 1.165) is 6.04 Å². The maximum atomic E-state index is 13.3. The summed E-state index contributed by atoms with van der Waals surface area (Å²) in [6.45, 7) is 7.05. The molecule has 3 rings (SSSR count). The first-order chi connectivity index (χ1) is 16.1. The van der Waals surface area contributed by atoms with Crippen LogP contribution >= 0.6 is 0 Å². The Morgan fingerprint density at radius 3 is 2.32 bits per heavy atom. The topological polar surface area (TPSA) is 98.6 Å². The van der Waals surface area contributed by atoms with Gasteiger partial charge in [-0.05, 0) is 54.1 Å². The van der Waals surface area contributed by atoms with Crippen LogP contribution in [-0.2, 0) is 9.53 Å². The fraction of sp³-hybridized carbons (Fsp3) is 0.280. The van der Waals surface area contributed by atoms with Crippen LogP contribution in [0.2, 0.25) is 25.7 Å². The van der Waals surface area contributed by atoms with E-state index >= 15 is 0 Å². The summed E-state index contributed by atoms with van der Waals surface area (Å²) >= 11 is 0. The van der Waals surface area contributed by atoms with Crippen molar-refractivity contribution in [2.24, 2.45) is 0 Å². The van der Waals surface area contributed by atoms with Gasteiger partial charge in [0.15, 0.2) is 0 Å². The molecule has 1 aromatic heterocycles. The number of aliphatic carboxylic acids is 1. The fourth-order valence-electron chi connectivity index (χ4n) is 3.16. The van der Waals surface area contributed by atoms with Gasteiger partial charge < -0.3 is 14.6 Å². The van der Waals surface area contributed by atoms with Crippen molar-refractivity contribution in [1.82, 2.24) is 9.97 Å². The van der Waals surface area contributed by atoms with Gasteiger partial charge >= 0.3 is 17.9 Å². The number of aromatic nitrogens is 2. The quantitative estimate of drug-likeness (QED) is 0.300. The van der Waals surface area contributed by atoms with Crippen molar-refractivity contribution in [2.75, 3.05) is 6.61 Å². The molecule has 0 saturated heterocycles. The van der Waals surface area contributed by atoms with Gasteiger partial charge in [0.2, 0.25) is 0 Å². The Bertz CT molecular complexity index is 1130. The van der Waals surface area contributed by atoms with Gasteiger partial charge in [-0.15, -0.1) is 0 Å². The number of carbonyl (C=O) groups is 2. The largest absolute Gasteiger partial charge is 0.481 e. The molecule has 178 valence electrons. The van der Waals surface area contributed by atoms with Gasteiger partial charge in [-0.25, -0.2) is 14.2 Å². The minimum atomic E-state index is -1.28. The van der Waals surface area contributed by atoms with E-state index in [0.29, 0.717) is 29.2 Å². The highest BCUT2D eigenvalue weighted by molar-refractivity contribution is 6.76. The molecule has 0 saturated carbocycles. The zero-order valence-electron chi connectivity index (χ0n) is 19.3. The number of ether oxygens (including phenoxy) is 2. The first-order valence-electron chi connectivity index (χ1n) is 10.9. The molecule has 0 amide bonds. The monoisotopic (exact) mass is 482 g/mol. The lowest BCUT2D eigenvalue weighted by atomic mass is 9.92. The van der Waals surface area contributed by atoms with E-state index in [2.05, 4.69) is 29.6 Å². The molecule has 1 heterocycles. The SMILES string of the molecule is C[Si](C)(C)CCOC(=O)c1ccc(Oc2nccc(C(CC(=O)O)c3ccc(F)cc3)n2)cc1. The van der Waals surface area contributed by atoms with E-state index in [1.807, 2.05) is 0 Å². The van der Waals surface area contributed by atoms with Gasteiger partial charge in [0, 0.05) is 20.2 Å². The number of esters is 1. The minimum absolute atomic E-state index is 0.0282. The normalized spacial score (nSPS) is 12.1. The third kappa shape index (κ3) is 7.48.